The van der Waals surface area contributed by atoms with Crippen molar-refractivity contribution in [1.82, 2.24) is 20.1 Å². The normalized spacial score (nSPS) is 16.9. The van der Waals surface area contributed by atoms with Gasteiger partial charge in [-0.15, -0.1) is 0 Å². The highest BCUT2D eigenvalue weighted by molar-refractivity contribution is 5.94. The highest BCUT2D eigenvalue weighted by atomic mass is 16.2. The van der Waals surface area contributed by atoms with Crippen LogP contribution < -0.4 is 10.6 Å². The van der Waals surface area contributed by atoms with Gasteiger partial charge in [-0.3, -0.25) is 9.89 Å². The average Bonchev–Trinajstić information content (AvgIpc) is 3.11. The minimum atomic E-state index is -0.144. The number of nitrogens with zero attached hydrogens (tertiary/aromatic N) is 3. The molecule has 0 radical (unpaired) electrons. The molecule has 3 N–H and O–H groups in total. The first kappa shape index (κ1) is 18.9. The number of piperidine rings is 1. The Morgan fingerprint density at radius 3 is 2.81 bits per heavy atom. The number of aromatic nitrogens is 3. The Balaban J connectivity index is 1.67. The van der Waals surface area contributed by atoms with Crippen LogP contribution in [0.15, 0.2) is 18.2 Å². The quantitative estimate of drug-likeness (QED) is 0.769. The molecule has 3 amide bonds. The molecule has 1 aliphatic heterocycles. The number of anilines is 2. The lowest BCUT2D eigenvalue weighted by atomic mass is 9.97. The van der Waals surface area contributed by atoms with Crippen molar-refractivity contribution in [2.75, 3.05) is 23.7 Å². The molecule has 0 spiro atoms. The van der Waals surface area contributed by atoms with Crippen molar-refractivity contribution in [3.05, 3.63) is 35.4 Å². The van der Waals surface area contributed by atoms with Gasteiger partial charge in [0.1, 0.15) is 5.82 Å². The van der Waals surface area contributed by atoms with E-state index in [1.54, 1.807) is 17.9 Å². The van der Waals surface area contributed by atoms with E-state index in [0.717, 1.165) is 30.1 Å². The fourth-order valence-corrected chi connectivity index (χ4v) is 3.19. The Morgan fingerprint density at radius 1 is 1.30 bits per heavy atom. The Hall–Kier alpha value is -2.90. The third-order valence-electron chi connectivity index (χ3n) is 4.77. The predicted molar refractivity (Wildman–Crippen MR) is 104 cm³/mol. The minimum Gasteiger partial charge on any atom is -0.326 e. The first-order valence-electron chi connectivity index (χ1n) is 9.31. The maximum atomic E-state index is 12.8. The Morgan fingerprint density at radius 2 is 2.11 bits per heavy atom. The Kier molecular flexibility index (Phi) is 5.73. The van der Waals surface area contributed by atoms with Crippen molar-refractivity contribution in [2.45, 2.75) is 46.0 Å². The number of aromatic amines is 1. The topological polar surface area (TPSA) is 103 Å². The molecule has 0 saturated carbocycles. The first-order valence-corrected chi connectivity index (χ1v) is 9.31. The van der Waals surface area contributed by atoms with Gasteiger partial charge in [-0.1, -0.05) is 13.0 Å². The minimum absolute atomic E-state index is 0.0585. The zero-order valence-electron chi connectivity index (χ0n) is 16.0. The molecule has 1 aliphatic rings. The number of carbonyl (C=O) groups is 2. The molecule has 2 aromatic rings. The van der Waals surface area contributed by atoms with Gasteiger partial charge in [-0.05, 0) is 44.4 Å². The van der Waals surface area contributed by atoms with Crippen LogP contribution in [0, 0.1) is 13.8 Å². The number of nitrogens with one attached hydrogen (secondary N) is 3. The van der Waals surface area contributed by atoms with Gasteiger partial charge < -0.3 is 15.5 Å². The smallest absolute Gasteiger partial charge is 0.321 e. The van der Waals surface area contributed by atoms with Gasteiger partial charge in [0.25, 0.3) is 0 Å². The molecule has 0 aliphatic carbocycles. The zero-order valence-corrected chi connectivity index (χ0v) is 16.0. The summed E-state index contributed by atoms with van der Waals surface area (Å²) < 4.78 is 0. The van der Waals surface area contributed by atoms with Gasteiger partial charge in [-0.2, -0.15) is 5.10 Å². The summed E-state index contributed by atoms with van der Waals surface area (Å²) in [6, 6.07) is 5.37. The number of H-pyrrole nitrogens is 1. The van der Waals surface area contributed by atoms with Crippen molar-refractivity contribution in [3.63, 3.8) is 0 Å². The second-order valence-electron chi connectivity index (χ2n) is 6.93. The number of aryl methyl sites for hydroxylation is 2. The molecular formula is C19H26N6O2. The summed E-state index contributed by atoms with van der Waals surface area (Å²) in [4.78, 5) is 30.6. The van der Waals surface area contributed by atoms with Gasteiger partial charge in [0, 0.05) is 36.8 Å². The van der Waals surface area contributed by atoms with Crippen LogP contribution in [0.25, 0.3) is 0 Å². The fourth-order valence-electron chi connectivity index (χ4n) is 3.19. The molecule has 144 valence electrons. The number of rotatable bonds is 4. The van der Waals surface area contributed by atoms with Crippen LogP contribution in [0.1, 0.15) is 49.3 Å². The molecule has 0 bridgehead atoms. The van der Waals surface area contributed by atoms with E-state index in [-0.39, 0.29) is 17.9 Å². The maximum Gasteiger partial charge on any atom is 0.321 e. The van der Waals surface area contributed by atoms with E-state index in [0.29, 0.717) is 30.9 Å². The molecule has 1 atom stereocenters. The largest absolute Gasteiger partial charge is 0.326 e. The molecule has 27 heavy (non-hydrogen) atoms. The number of likely N-dealkylation sites (tertiary alicyclic amines) is 1. The van der Waals surface area contributed by atoms with Crippen LogP contribution in [0.4, 0.5) is 16.2 Å². The summed E-state index contributed by atoms with van der Waals surface area (Å²) in [6.45, 7) is 6.90. The summed E-state index contributed by atoms with van der Waals surface area (Å²) in [7, 11) is 0. The summed E-state index contributed by atoms with van der Waals surface area (Å²) >= 11 is 0. The summed E-state index contributed by atoms with van der Waals surface area (Å²) in [6.07, 6.45) is 2.29. The second kappa shape index (κ2) is 8.20. The number of urea groups is 1. The molecule has 1 saturated heterocycles. The lowest BCUT2D eigenvalue weighted by molar-refractivity contribution is -0.115. The maximum absolute atomic E-state index is 12.8. The van der Waals surface area contributed by atoms with E-state index in [2.05, 4.69) is 25.8 Å². The van der Waals surface area contributed by atoms with E-state index in [1.165, 1.54) is 0 Å². The van der Waals surface area contributed by atoms with Crippen molar-refractivity contribution >= 4 is 23.3 Å². The third kappa shape index (κ3) is 4.64. The van der Waals surface area contributed by atoms with E-state index in [4.69, 9.17) is 0 Å². The van der Waals surface area contributed by atoms with Crippen molar-refractivity contribution in [2.24, 2.45) is 0 Å². The number of benzene rings is 1. The second-order valence-corrected chi connectivity index (χ2v) is 6.93. The monoisotopic (exact) mass is 370 g/mol. The summed E-state index contributed by atoms with van der Waals surface area (Å²) in [5, 5.41) is 12.9. The molecule has 1 fully saturated rings. The molecule has 3 rings (SSSR count). The van der Waals surface area contributed by atoms with Crippen molar-refractivity contribution < 1.29 is 9.59 Å². The summed E-state index contributed by atoms with van der Waals surface area (Å²) in [5.41, 5.74) is 2.32. The SMILES string of the molecule is CCC(=O)Nc1ccc(C)c(NC(=O)N2CCCC(c3n[nH]c(C)n3)C2)c1. The Labute approximate surface area is 158 Å². The summed E-state index contributed by atoms with van der Waals surface area (Å²) in [5.74, 6) is 1.64. The molecular weight excluding hydrogens is 344 g/mol. The van der Waals surface area contributed by atoms with Gasteiger partial charge >= 0.3 is 6.03 Å². The number of hydrogen-bond donors (Lipinski definition) is 3. The average molecular weight is 370 g/mol. The van der Waals surface area contributed by atoms with Crippen molar-refractivity contribution in [3.8, 4) is 0 Å². The highest BCUT2D eigenvalue weighted by Gasteiger charge is 2.27. The number of hydrogen-bond acceptors (Lipinski definition) is 4. The predicted octanol–water partition coefficient (Wildman–Crippen LogP) is 3.18. The van der Waals surface area contributed by atoms with Crippen LogP contribution in [0.5, 0.6) is 0 Å². The van der Waals surface area contributed by atoms with E-state index in [9.17, 15) is 9.59 Å². The Bertz CT molecular complexity index is 831. The van der Waals surface area contributed by atoms with Gasteiger partial charge in [0.05, 0.1) is 0 Å². The van der Waals surface area contributed by atoms with Crippen LogP contribution >= 0.6 is 0 Å². The van der Waals surface area contributed by atoms with Crippen LogP contribution in [-0.4, -0.2) is 45.1 Å². The van der Waals surface area contributed by atoms with E-state index < -0.39 is 0 Å². The van der Waals surface area contributed by atoms with E-state index >= 15 is 0 Å². The lowest BCUT2D eigenvalue weighted by Crippen LogP contribution is -2.42. The lowest BCUT2D eigenvalue weighted by Gasteiger charge is -2.31. The van der Waals surface area contributed by atoms with Crippen molar-refractivity contribution in [1.29, 1.82) is 0 Å². The van der Waals surface area contributed by atoms with Gasteiger partial charge in [0.2, 0.25) is 5.91 Å². The molecule has 1 unspecified atom stereocenters. The van der Waals surface area contributed by atoms with Crippen LogP contribution in [0.2, 0.25) is 0 Å². The number of carbonyl (C=O) groups excluding carboxylic acids is 2. The molecule has 1 aromatic heterocycles. The molecule has 1 aromatic carbocycles. The van der Waals surface area contributed by atoms with Crippen LogP contribution in [0.3, 0.4) is 0 Å². The zero-order chi connectivity index (χ0) is 19.4. The molecule has 8 nitrogen and oxygen atoms in total. The first-order chi connectivity index (χ1) is 13.0. The number of amides is 3. The van der Waals surface area contributed by atoms with Gasteiger partial charge in [-0.25, -0.2) is 9.78 Å². The standard InChI is InChI=1S/C19H26N6O2/c1-4-17(26)21-15-8-7-12(2)16(10-15)22-19(27)25-9-5-6-14(11-25)18-20-13(3)23-24-18/h7-8,10,14H,4-6,9,11H2,1-3H3,(H,21,26)(H,22,27)(H,20,23,24). The highest BCUT2D eigenvalue weighted by Crippen LogP contribution is 2.26. The fraction of sp³-hybridized carbons (Fsp3) is 0.474. The molecule has 8 heteroatoms. The van der Waals surface area contributed by atoms with E-state index in [1.807, 2.05) is 26.0 Å². The van der Waals surface area contributed by atoms with Crippen LogP contribution in [-0.2, 0) is 4.79 Å². The van der Waals surface area contributed by atoms with Gasteiger partial charge in [0.15, 0.2) is 5.82 Å². The molecule has 2 heterocycles. The third-order valence-corrected chi connectivity index (χ3v) is 4.77.